The summed E-state index contributed by atoms with van der Waals surface area (Å²) < 4.78 is 12.8. The molecule has 0 bridgehead atoms. The van der Waals surface area contributed by atoms with Crippen LogP contribution in [0.2, 0.25) is 0 Å². The highest BCUT2D eigenvalue weighted by atomic mass is 16.3. The van der Waals surface area contributed by atoms with Gasteiger partial charge in [0, 0.05) is 23.8 Å². The van der Waals surface area contributed by atoms with E-state index in [9.17, 15) is 0 Å². The van der Waals surface area contributed by atoms with Gasteiger partial charge in [0.25, 0.3) is 0 Å². The van der Waals surface area contributed by atoms with Gasteiger partial charge in [0.1, 0.15) is 5.58 Å². The van der Waals surface area contributed by atoms with E-state index in [4.69, 9.17) is 8.83 Å². The molecule has 0 amide bonds. The second-order valence-electron chi connectivity index (χ2n) is 5.23. The van der Waals surface area contributed by atoms with Crippen molar-refractivity contribution in [3.8, 4) is 11.6 Å². The van der Waals surface area contributed by atoms with E-state index in [1.165, 1.54) is 0 Å². The molecular weight excluding hydrogens is 306 g/mol. The van der Waals surface area contributed by atoms with Gasteiger partial charge in [0.05, 0.1) is 6.26 Å². The van der Waals surface area contributed by atoms with Crippen LogP contribution in [0.4, 0.5) is 11.7 Å². The lowest BCUT2D eigenvalue weighted by Gasteiger charge is -2.01. The fourth-order valence-electron chi connectivity index (χ4n) is 2.58. The van der Waals surface area contributed by atoms with Crippen molar-refractivity contribution in [3.05, 3.63) is 61.1 Å². The Kier molecular flexibility index (Phi) is 2.66. The lowest BCUT2D eigenvalue weighted by Crippen LogP contribution is -1.97. The third kappa shape index (κ3) is 2.03. The molecule has 4 heterocycles. The van der Waals surface area contributed by atoms with E-state index in [2.05, 4.69) is 20.4 Å². The lowest BCUT2D eigenvalue weighted by molar-refractivity contribution is 0.577. The fourth-order valence-corrected chi connectivity index (χ4v) is 2.58. The minimum absolute atomic E-state index is 0.501. The molecule has 0 aliphatic heterocycles. The van der Waals surface area contributed by atoms with Gasteiger partial charge in [-0.1, -0.05) is 18.2 Å². The molecule has 0 saturated carbocycles. The molecular formula is C17H11N5O2. The number of rotatable bonds is 3. The Labute approximate surface area is 135 Å². The molecule has 0 unspecified atom stereocenters. The van der Waals surface area contributed by atoms with Crippen LogP contribution in [0.5, 0.6) is 0 Å². The molecule has 7 nitrogen and oxygen atoms in total. The van der Waals surface area contributed by atoms with Gasteiger partial charge < -0.3 is 14.2 Å². The van der Waals surface area contributed by atoms with E-state index in [0.29, 0.717) is 28.9 Å². The highest BCUT2D eigenvalue weighted by Crippen LogP contribution is 2.27. The minimum Gasteiger partial charge on any atom is -0.461 e. The fraction of sp³-hybridized carbons (Fsp3) is 0. The molecule has 0 atom stereocenters. The van der Waals surface area contributed by atoms with Crippen LogP contribution in [-0.4, -0.2) is 19.6 Å². The van der Waals surface area contributed by atoms with Gasteiger partial charge in [0.2, 0.25) is 5.82 Å². The smallest absolute Gasteiger partial charge is 0.218 e. The molecule has 24 heavy (non-hydrogen) atoms. The van der Waals surface area contributed by atoms with Crippen molar-refractivity contribution in [1.29, 1.82) is 0 Å². The van der Waals surface area contributed by atoms with Gasteiger partial charge in [-0.3, -0.25) is 0 Å². The van der Waals surface area contributed by atoms with Crippen LogP contribution >= 0.6 is 0 Å². The summed E-state index contributed by atoms with van der Waals surface area (Å²) in [5.41, 5.74) is 1.40. The summed E-state index contributed by atoms with van der Waals surface area (Å²) in [6.07, 6.45) is 4.98. The Morgan fingerprint density at radius 2 is 2.04 bits per heavy atom. The lowest BCUT2D eigenvalue weighted by atomic mass is 10.3. The number of nitrogens with zero attached hydrogens (tertiary/aromatic N) is 4. The van der Waals surface area contributed by atoms with E-state index in [1.54, 1.807) is 29.2 Å². The monoisotopic (exact) mass is 317 g/mol. The molecule has 0 aliphatic carbocycles. The van der Waals surface area contributed by atoms with Gasteiger partial charge in [-0.25, -0.2) is 14.5 Å². The standard InChI is InChI=1S/C17H11N5O2/c1-2-5-12-11(4-1)10-14(24-12)19-16-17-20-15(13-6-3-9-23-13)21-22(17)8-7-18-16/h1-10H,(H,18,19). The topological polar surface area (TPSA) is 81.4 Å². The van der Waals surface area contributed by atoms with Crippen molar-refractivity contribution >= 4 is 28.3 Å². The van der Waals surface area contributed by atoms with E-state index >= 15 is 0 Å². The zero-order chi connectivity index (χ0) is 15.9. The second-order valence-corrected chi connectivity index (χ2v) is 5.23. The molecule has 5 rings (SSSR count). The number of anilines is 2. The summed E-state index contributed by atoms with van der Waals surface area (Å²) in [4.78, 5) is 8.84. The Hall–Kier alpha value is -3.61. The first-order valence-corrected chi connectivity index (χ1v) is 7.38. The molecule has 0 radical (unpaired) electrons. The van der Waals surface area contributed by atoms with Gasteiger partial charge >= 0.3 is 0 Å². The molecule has 116 valence electrons. The van der Waals surface area contributed by atoms with E-state index < -0.39 is 0 Å². The second kappa shape index (κ2) is 4.95. The van der Waals surface area contributed by atoms with Gasteiger partial charge in [-0.2, -0.15) is 0 Å². The average molecular weight is 317 g/mol. The summed E-state index contributed by atoms with van der Waals surface area (Å²) in [5.74, 6) is 2.26. The molecule has 0 fully saturated rings. The number of para-hydroxylation sites is 1. The largest absolute Gasteiger partial charge is 0.461 e. The summed E-state index contributed by atoms with van der Waals surface area (Å²) in [7, 11) is 0. The third-order valence-corrected chi connectivity index (χ3v) is 3.66. The number of benzene rings is 1. The summed E-state index contributed by atoms with van der Waals surface area (Å²) >= 11 is 0. The van der Waals surface area contributed by atoms with Crippen LogP contribution in [0.15, 0.2) is 70.0 Å². The van der Waals surface area contributed by atoms with E-state index in [-0.39, 0.29) is 0 Å². The first-order chi connectivity index (χ1) is 11.9. The Morgan fingerprint density at radius 1 is 1.08 bits per heavy atom. The van der Waals surface area contributed by atoms with Crippen LogP contribution in [0, 0.1) is 0 Å². The quantitative estimate of drug-likeness (QED) is 0.544. The number of aromatic nitrogens is 4. The minimum atomic E-state index is 0.501. The van der Waals surface area contributed by atoms with E-state index in [1.807, 2.05) is 36.4 Å². The Balaban J connectivity index is 1.58. The summed E-state index contributed by atoms with van der Waals surface area (Å²) in [6, 6.07) is 13.3. The predicted molar refractivity (Wildman–Crippen MR) is 88.0 cm³/mol. The van der Waals surface area contributed by atoms with Crippen molar-refractivity contribution < 1.29 is 8.83 Å². The predicted octanol–water partition coefficient (Wildman–Crippen LogP) is 3.87. The first-order valence-electron chi connectivity index (χ1n) is 7.38. The summed E-state index contributed by atoms with van der Waals surface area (Å²) in [5, 5.41) is 8.58. The Morgan fingerprint density at radius 3 is 2.92 bits per heavy atom. The van der Waals surface area contributed by atoms with E-state index in [0.717, 1.165) is 11.0 Å². The van der Waals surface area contributed by atoms with Crippen molar-refractivity contribution in [2.75, 3.05) is 5.32 Å². The first kappa shape index (κ1) is 12.9. The van der Waals surface area contributed by atoms with Gasteiger partial charge in [-0.15, -0.1) is 5.10 Å². The average Bonchev–Trinajstić information content (AvgIpc) is 3.33. The van der Waals surface area contributed by atoms with Gasteiger partial charge in [0.15, 0.2) is 23.1 Å². The molecule has 1 N–H and O–H groups in total. The van der Waals surface area contributed by atoms with Crippen molar-refractivity contribution in [2.45, 2.75) is 0 Å². The molecule has 7 heteroatoms. The highest BCUT2D eigenvalue weighted by Gasteiger charge is 2.13. The van der Waals surface area contributed by atoms with Crippen LogP contribution in [-0.2, 0) is 0 Å². The maximum atomic E-state index is 5.77. The SMILES string of the molecule is c1coc(-c2nc3c(Nc4cc5ccccc5o4)nccn3n2)c1. The van der Waals surface area contributed by atoms with Crippen molar-refractivity contribution in [3.63, 3.8) is 0 Å². The normalized spacial score (nSPS) is 11.3. The molecule has 5 aromatic rings. The number of furan rings is 2. The number of nitrogens with one attached hydrogen (secondary N) is 1. The van der Waals surface area contributed by atoms with Gasteiger partial charge in [-0.05, 0) is 18.2 Å². The molecule has 1 aromatic carbocycles. The number of fused-ring (bicyclic) bond motifs is 2. The maximum Gasteiger partial charge on any atom is 0.218 e. The van der Waals surface area contributed by atoms with Crippen LogP contribution in [0.1, 0.15) is 0 Å². The van der Waals surface area contributed by atoms with Crippen molar-refractivity contribution in [1.82, 2.24) is 19.6 Å². The zero-order valence-corrected chi connectivity index (χ0v) is 12.4. The zero-order valence-electron chi connectivity index (χ0n) is 12.4. The molecule has 4 aromatic heterocycles. The number of hydrogen-bond acceptors (Lipinski definition) is 6. The maximum absolute atomic E-state index is 5.77. The Bertz CT molecular complexity index is 1110. The van der Waals surface area contributed by atoms with Crippen LogP contribution in [0.3, 0.4) is 0 Å². The molecule has 0 saturated heterocycles. The van der Waals surface area contributed by atoms with Crippen LogP contribution in [0.25, 0.3) is 28.2 Å². The highest BCUT2D eigenvalue weighted by molar-refractivity contribution is 5.82. The third-order valence-electron chi connectivity index (χ3n) is 3.66. The molecule has 0 aliphatic rings. The summed E-state index contributed by atoms with van der Waals surface area (Å²) in [6.45, 7) is 0. The van der Waals surface area contributed by atoms with Crippen LogP contribution < -0.4 is 5.32 Å². The van der Waals surface area contributed by atoms with Crippen molar-refractivity contribution in [2.24, 2.45) is 0 Å². The molecule has 0 spiro atoms. The number of hydrogen-bond donors (Lipinski definition) is 1.